The van der Waals surface area contributed by atoms with Crippen LogP contribution in [0.2, 0.25) is 5.02 Å². The minimum Gasteiger partial charge on any atom is -0.495 e. The Hall–Kier alpha value is -2.84. The molecule has 1 aromatic heterocycles. The van der Waals surface area contributed by atoms with E-state index in [1.807, 2.05) is 0 Å². The van der Waals surface area contributed by atoms with E-state index >= 15 is 0 Å². The number of carbonyl (C=O) groups excluding carboxylic acids is 1. The summed E-state index contributed by atoms with van der Waals surface area (Å²) in [6.07, 6.45) is -0.646. The zero-order chi connectivity index (χ0) is 27.5. The number of nitrogens with one attached hydrogen (secondary N) is 3. The molecule has 0 spiro atoms. The minimum atomic E-state index is -4.76. The number of anilines is 3. The average Bonchev–Trinajstić information content (AvgIpc) is 2.82. The summed E-state index contributed by atoms with van der Waals surface area (Å²) in [5.41, 5.74) is -0.733. The highest BCUT2D eigenvalue weighted by Gasteiger charge is 2.38. The summed E-state index contributed by atoms with van der Waals surface area (Å²) in [7, 11) is 0.634. The van der Waals surface area contributed by atoms with Crippen LogP contribution >= 0.6 is 11.6 Å². The van der Waals surface area contributed by atoms with Crippen LogP contribution in [0, 0.1) is 0 Å². The Bertz CT molecular complexity index is 1260. The van der Waals surface area contributed by atoms with Crippen molar-refractivity contribution in [1.82, 2.24) is 19.6 Å². The van der Waals surface area contributed by atoms with Crippen molar-refractivity contribution in [2.24, 2.45) is 0 Å². The molecule has 1 amide bonds. The highest BCUT2D eigenvalue weighted by molar-refractivity contribution is 7.88. The highest BCUT2D eigenvalue weighted by atomic mass is 35.5. The Labute approximate surface area is 218 Å². The maximum Gasteiger partial charge on any atom is 0.421 e. The fraction of sp³-hybridized carbons (Fsp3) is 0.500. The van der Waals surface area contributed by atoms with E-state index in [1.165, 1.54) is 37.6 Å². The number of carbonyl (C=O) groups is 1. The van der Waals surface area contributed by atoms with Gasteiger partial charge in [-0.15, -0.1) is 0 Å². The zero-order valence-corrected chi connectivity index (χ0v) is 22.2. The van der Waals surface area contributed by atoms with Gasteiger partial charge in [-0.25, -0.2) is 17.7 Å². The molecule has 2 aromatic rings. The molecule has 0 saturated heterocycles. The van der Waals surface area contributed by atoms with Crippen LogP contribution in [-0.2, 0) is 16.2 Å². The summed E-state index contributed by atoms with van der Waals surface area (Å²) < 4.78 is 72.1. The number of benzene rings is 1. The predicted molar refractivity (Wildman–Crippen MR) is 134 cm³/mol. The van der Waals surface area contributed by atoms with Crippen molar-refractivity contribution in [3.63, 3.8) is 0 Å². The molecule has 0 bridgehead atoms. The van der Waals surface area contributed by atoms with Crippen LogP contribution in [-0.4, -0.2) is 68.1 Å². The monoisotopic (exact) mass is 564 g/mol. The van der Waals surface area contributed by atoms with Gasteiger partial charge in [0.05, 0.1) is 29.6 Å². The molecule has 2 atom stereocenters. The lowest BCUT2D eigenvalue weighted by atomic mass is 9.90. The van der Waals surface area contributed by atoms with Crippen molar-refractivity contribution < 1.29 is 31.1 Å². The molecule has 0 unspecified atom stereocenters. The van der Waals surface area contributed by atoms with E-state index in [2.05, 4.69) is 25.9 Å². The molecule has 1 heterocycles. The molecular weight excluding hydrogens is 537 g/mol. The number of methoxy groups -OCH3 is 1. The summed E-state index contributed by atoms with van der Waals surface area (Å²) in [5, 5.41) is 8.14. The molecule has 10 nitrogen and oxygen atoms in total. The number of hydrogen-bond donors (Lipinski definition) is 3. The number of ether oxygens (including phenoxy) is 1. The van der Waals surface area contributed by atoms with Gasteiger partial charge in [0.1, 0.15) is 17.1 Å². The Balaban J connectivity index is 1.99. The van der Waals surface area contributed by atoms with Crippen LogP contribution in [0.5, 0.6) is 5.75 Å². The number of halogens is 4. The van der Waals surface area contributed by atoms with E-state index in [0.29, 0.717) is 19.0 Å². The maximum absolute atomic E-state index is 13.8. The van der Waals surface area contributed by atoms with E-state index in [1.54, 1.807) is 0 Å². The number of likely N-dealkylation sites (N-methyl/N-ethyl adjacent to an activating group) is 1. The Kier molecular flexibility index (Phi) is 8.75. The number of amides is 1. The Morgan fingerprint density at radius 1 is 1.24 bits per heavy atom. The first-order valence-corrected chi connectivity index (χ1v) is 13.5. The molecule has 0 aliphatic heterocycles. The number of hydrogen-bond acceptors (Lipinski definition) is 8. The van der Waals surface area contributed by atoms with Gasteiger partial charge in [-0.1, -0.05) is 24.4 Å². The summed E-state index contributed by atoms with van der Waals surface area (Å²) >= 11 is 6.21. The Morgan fingerprint density at radius 3 is 2.51 bits per heavy atom. The van der Waals surface area contributed by atoms with E-state index in [0.717, 1.165) is 19.1 Å². The van der Waals surface area contributed by atoms with Crippen molar-refractivity contribution >= 4 is 45.0 Å². The van der Waals surface area contributed by atoms with Gasteiger partial charge in [0.2, 0.25) is 16.0 Å². The van der Waals surface area contributed by atoms with Crippen LogP contribution in [0.4, 0.5) is 30.6 Å². The first-order chi connectivity index (χ1) is 17.3. The van der Waals surface area contributed by atoms with Crippen molar-refractivity contribution in [3.8, 4) is 5.75 Å². The third kappa shape index (κ3) is 6.73. The summed E-state index contributed by atoms with van der Waals surface area (Å²) in [5.74, 6) is -0.950. The second-order valence-electron chi connectivity index (χ2n) is 8.57. The van der Waals surface area contributed by atoms with Crippen molar-refractivity contribution in [2.45, 2.75) is 43.9 Å². The van der Waals surface area contributed by atoms with Crippen LogP contribution in [0.25, 0.3) is 0 Å². The number of alkyl halides is 3. The predicted octanol–water partition coefficient (Wildman–Crippen LogP) is 3.88. The van der Waals surface area contributed by atoms with Gasteiger partial charge in [-0.3, -0.25) is 4.79 Å². The molecule has 1 aliphatic rings. The largest absolute Gasteiger partial charge is 0.495 e. The second-order valence-corrected chi connectivity index (χ2v) is 11.0. The SMILES string of the molecule is CNC(=O)c1cc(OC)c(Nc2ncc(C(F)(F)F)c(N[C@@H]3CCCC[C@H]3N(C)S(C)(=O)=O)n2)cc1Cl. The molecule has 1 aromatic carbocycles. The standard InChI is InChI=1S/C22H28ClF3N6O4S/c1-27-20(33)12-9-18(36-3)16(10-14(12)23)30-21-28-11-13(22(24,25)26)19(31-21)29-15-7-5-6-8-17(15)32(2)37(4,34)35/h9-11,15,17H,5-8H2,1-4H3,(H,27,33)(H2,28,29,30,31)/t15-,17-/m1/s1. The molecule has 204 valence electrons. The van der Waals surface area contributed by atoms with E-state index in [-0.39, 0.29) is 28.0 Å². The molecule has 1 fully saturated rings. The number of nitrogens with zero attached hydrogens (tertiary/aromatic N) is 3. The topological polar surface area (TPSA) is 126 Å². The van der Waals surface area contributed by atoms with Crippen LogP contribution in [0.15, 0.2) is 18.3 Å². The van der Waals surface area contributed by atoms with Gasteiger partial charge >= 0.3 is 6.18 Å². The van der Waals surface area contributed by atoms with Gasteiger partial charge in [-0.2, -0.15) is 18.2 Å². The first-order valence-electron chi connectivity index (χ1n) is 11.3. The van der Waals surface area contributed by atoms with Gasteiger partial charge in [-0.05, 0) is 25.0 Å². The lowest BCUT2D eigenvalue weighted by Crippen LogP contribution is -2.49. The Morgan fingerprint density at radius 2 is 1.92 bits per heavy atom. The van der Waals surface area contributed by atoms with Gasteiger partial charge < -0.3 is 20.7 Å². The van der Waals surface area contributed by atoms with Crippen molar-refractivity contribution in [1.29, 1.82) is 0 Å². The average molecular weight is 565 g/mol. The highest BCUT2D eigenvalue weighted by Crippen LogP contribution is 2.37. The molecule has 3 rings (SSSR count). The molecule has 1 aliphatic carbocycles. The van der Waals surface area contributed by atoms with Crippen molar-refractivity contribution in [2.75, 3.05) is 38.1 Å². The second kappa shape index (κ2) is 11.3. The summed E-state index contributed by atoms with van der Waals surface area (Å²) in [6.45, 7) is 0. The third-order valence-electron chi connectivity index (χ3n) is 6.14. The fourth-order valence-electron chi connectivity index (χ4n) is 4.15. The lowest BCUT2D eigenvalue weighted by molar-refractivity contribution is -0.137. The van der Waals surface area contributed by atoms with Crippen LogP contribution in [0.1, 0.15) is 41.6 Å². The van der Waals surface area contributed by atoms with Crippen LogP contribution in [0.3, 0.4) is 0 Å². The zero-order valence-electron chi connectivity index (χ0n) is 20.6. The molecule has 0 radical (unpaired) electrons. The van der Waals surface area contributed by atoms with Gasteiger partial charge in [0.15, 0.2) is 0 Å². The van der Waals surface area contributed by atoms with E-state index in [9.17, 15) is 26.4 Å². The normalized spacial score (nSPS) is 18.4. The number of rotatable bonds is 8. The molecule has 3 N–H and O–H groups in total. The lowest BCUT2D eigenvalue weighted by Gasteiger charge is -2.37. The first kappa shape index (κ1) is 28.7. The molecule has 37 heavy (non-hydrogen) atoms. The molecular formula is C22H28ClF3N6O4S. The smallest absolute Gasteiger partial charge is 0.421 e. The van der Waals surface area contributed by atoms with Gasteiger partial charge in [0, 0.05) is 32.4 Å². The quantitative estimate of drug-likeness (QED) is 0.441. The molecule has 15 heteroatoms. The maximum atomic E-state index is 13.8. The van der Waals surface area contributed by atoms with Gasteiger partial charge in [0.25, 0.3) is 5.91 Å². The minimum absolute atomic E-state index is 0.0711. The third-order valence-corrected chi connectivity index (χ3v) is 7.77. The number of aromatic nitrogens is 2. The van der Waals surface area contributed by atoms with Crippen molar-refractivity contribution in [3.05, 3.63) is 34.5 Å². The fourth-order valence-corrected chi connectivity index (χ4v) is 5.14. The summed E-state index contributed by atoms with van der Waals surface area (Å²) in [6, 6.07) is 1.60. The molecule has 1 saturated carbocycles. The van der Waals surface area contributed by atoms with Crippen LogP contribution < -0.4 is 20.7 Å². The van der Waals surface area contributed by atoms with E-state index in [4.69, 9.17) is 16.3 Å². The van der Waals surface area contributed by atoms with E-state index < -0.39 is 45.6 Å². The summed E-state index contributed by atoms with van der Waals surface area (Å²) in [4.78, 5) is 19.9. The number of sulfonamides is 1.